The fourth-order valence-electron chi connectivity index (χ4n) is 8.53. The molecular weight excluding hydrogens is 827 g/mol. The average Bonchev–Trinajstić information content (AvgIpc) is 3.32. The van der Waals surface area contributed by atoms with Crippen LogP contribution in [0.4, 0.5) is 0 Å². The standard InChI is InChI=1S/C61H109NO5/c1-4-7-10-13-16-19-22-25-27-29-30-31-33-36-39-42-45-48-51-54-61(66)67-57(52-49-46-43-40-37-34-24-21-18-15-12-9-6-3)55-60(65)62-58(56-63)59(64)53-50-47-44-41-38-35-32-28-26-23-20-17-14-11-8-5-2/h9,12,15-16,18-19,21,24-25,27,34,37,57-59,63-64H,4-8,10-11,13-14,17,20,22-23,26,28-33,35-36,38-56H2,1-3H3,(H,62,65)/b12-9+,18-15+,19-16-,24-21+,27-25-,37-34-. The van der Waals surface area contributed by atoms with E-state index in [-0.39, 0.29) is 24.9 Å². The van der Waals surface area contributed by atoms with Crippen LogP contribution in [-0.2, 0) is 14.3 Å². The summed E-state index contributed by atoms with van der Waals surface area (Å²) in [5, 5.41) is 23.9. The van der Waals surface area contributed by atoms with E-state index in [1.54, 1.807) is 0 Å². The van der Waals surface area contributed by atoms with Gasteiger partial charge >= 0.3 is 5.97 Å². The average molecular weight is 937 g/mol. The normalized spacial score (nSPS) is 13.7. The second kappa shape index (κ2) is 54.2. The fraction of sp³-hybridized carbons (Fsp3) is 0.770. The maximum atomic E-state index is 13.3. The molecule has 0 fully saturated rings. The Hall–Kier alpha value is -2.70. The van der Waals surface area contributed by atoms with E-state index in [1.807, 2.05) is 24.3 Å². The van der Waals surface area contributed by atoms with Gasteiger partial charge in [-0.2, -0.15) is 0 Å². The van der Waals surface area contributed by atoms with Crippen LogP contribution < -0.4 is 5.32 Å². The van der Waals surface area contributed by atoms with Crippen molar-refractivity contribution in [1.82, 2.24) is 5.32 Å². The Balaban J connectivity index is 4.55. The SMILES string of the molecule is CC/C=C/C=C/C=C/C=C\CCCCCC(CC(=O)NC(CO)C(O)CCCCCCCCCCCCCCCCCC)OC(=O)CCCCCCCCCCC/C=C\C/C=C\CCCCC. The van der Waals surface area contributed by atoms with Gasteiger partial charge in [0, 0.05) is 6.42 Å². The number of allylic oxidation sites excluding steroid dienone is 12. The van der Waals surface area contributed by atoms with Gasteiger partial charge in [-0.05, 0) is 77.0 Å². The third kappa shape index (κ3) is 49.5. The predicted octanol–water partition coefficient (Wildman–Crippen LogP) is 17.7. The second-order valence-corrected chi connectivity index (χ2v) is 19.4. The molecule has 0 aliphatic rings. The molecule has 0 aliphatic heterocycles. The minimum Gasteiger partial charge on any atom is -0.462 e. The van der Waals surface area contributed by atoms with Crippen LogP contribution in [0.5, 0.6) is 0 Å². The van der Waals surface area contributed by atoms with Crippen LogP contribution >= 0.6 is 0 Å². The van der Waals surface area contributed by atoms with Gasteiger partial charge in [0.25, 0.3) is 0 Å². The molecule has 3 N–H and O–H groups in total. The predicted molar refractivity (Wildman–Crippen MR) is 291 cm³/mol. The first-order valence-electron chi connectivity index (χ1n) is 28.7. The lowest BCUT2D eigenvalue weighted by atomic mass is 10.0. The summed E-state index contributed by atoms with van der Waals surface area (Å²) in [4.78, 5) is 26.3. The van der Waals surface area contributed by atoms with Crippen molar-refractivity contribution in [3.8, 4) is 0 Å². The van der Waals surface area contributed by atoms with E-state index in [1.165, 1.54) is 154 Å². The third-order valence-corrected chi connectivity index (χ3v) is 12.9. The Morgan fingerprint density at radius 1 is 0.463 bits per heavy atom. The molecule has 3 atom stereocenters. The molecule has 0 rings (SSSR count). The van der Waals surface area contributed by atoms with Crippen LogP contribution in [0.2, 0.25) is 0 Å². The summed E-state index contributed by atoms with van der Waals surface area (Å²) in [6, 6.07) is -0.719. The van der Waals surface area contributed by atoms with E-state index in [0.717, 1.165) is 77.0 Å². The number of rotatable bonds is 51. The molecule has 6 heteroatoms. The summed E-state index contributed by atoms with van der Waals surface area (Å²) in [7, 11) is 0. The Morgan fingerprint density at radius 3 is 1.39 bits per heavy atom. The van der Waals surface area contributed by atoms with Gasteiger partial charge in [0.1, 0.15) is 6.10 Å². The Bertz CT molecular complexity index is 1230. The second-order valence-electron chi connectivity index (χ2n) is 19.4. The Labute approximate surface area is 415 Å². The zero-order valence-corrected chi connectivity index (χ0v) is 44.3. The molecule has 3 unspecified atom stereocenters. The van der Waals surface area contributed by atoms with E-state index in [2.05, 4.69) is 74.7 Å². The first-order chi connectivity index (χ1) is 33.0. The zero-order chi connectivity index (χ0) is 48.8. The van der Waals surface area contributed by atoms with Gasteiger partial charge in [0.2, 0.25) is 5.91 Å². The molecule has 0 aliphatic carbocycles. The van der Waals surface area contributed by atoms with Crippen LogP contribution in [0.3, 0.4) is 0 Å². The molecule has 67 heavy (non-hydrogen) atoms. The molecule has 0 bridgehead atoms. The van der Waals surface area contributed by atoms with Gasteiger partial charge in [-0.25, -0.2) is 0 Å². The summed E-state index contributed by atoms with van der Waals surface area (Å²) < 4.78 is 5.94. The number of amides is 1. The molecule has 0 saturated carbocycles. The van der Waals surface area contributed by atoms with Crippen LogP contribution in [0, 0.1) is 0 Å². The fourth-order valence-corrected chi connectivity index (χ4v) is 8.53. The monoisotopic (exact) mass is 936 g/mol. The minimum absolute atomic E-state index is 0.0481. The topological polar surface area (TPSA) is 95.9 Å². The van der Waals surface area contributed by atoms with E-state index in [0.29, 0.717) is 19.3 Å². The van der Waals surface area contributed by atoms with Gasteiger partial charge in [0.05, 0.1) is 25.2 Å². The maximum absolute atomic E-state index is 13.3. The lowest BCUT2D eigenvalue weighted by Crippen LogP contribution is -2.46. The summed E-state index contributed by atoms with van der Waals surface area (Å²) in [5.41, 5.74) is 0. The van der Waals surface area contributed by atoms with Crippen LogP contribution in [-0.4, -0.2) is 46.9 Å². The third-order valence-electron chi connectivity index (χ3n) is 12.9. The van der Waals surface area contributed by atoms with Crippen molar-refractivity contribution in [2.75, 3.05) is 6.61 Å². The van der Waals surface area contributed by atoms with Gasteiger partial charge < -0.3 is 20.3 Å². The molecule has 1 amide bonds. The Morgan fingerprint density at radius 2 is 0.866 bits per heavy atom. The summed E-state index contributed by atoms with van der Waals surface area (Å²) in [6.45, 7) is 6.33. The van der Waals surface area contributed by atoms with E-state index in [4.69, 9.17) is 4.74 Å². The number of carbonyl (C=O) groups is 2. The molecular formula is C61H109NO5. The smallest absolute Gasteiger partial charge is 0.306 e. The van der Waals surface area contributed by atoms with Crippen molar-refractivity contribution in [3.63, 3.8) is 0 Å². The number of nitrogens with one attached hydrogen (secondary N) is 1. The van der Waals surface area contributed by atoms with Crippen molar-refractivity contribution in [2.45, 2.75) is 296 Å². The van der Waals surface area contributed by atoms with Crippen molar-refractivity contribution < 1.29 is 24.5 Å². The highest BCUT2D eigenvalue weighted by atomic mass is 16.5. The van der Waals surface area contributed by atoms with E-state index >= 15 is 0 Å². The molecule has 0 spiro atoms. The zero-order valence-electron chi connectivity index (χ0n) is 44.3. The van der Waals surface area contributed by atoms with Crippen molar-refractivity contribution in [3.05, 3.63) is 72.9 Å². The van der Waals surface area contributed by atoms with Crippen molar-refractivity contribution in [2.24, 2.45) is 0 Å². The van der Waals surface area contributed by atoms with Crippen LogP contribution in [0.25, 0.3) is 0 Å². The largest absolute Gasteiger partial charge is 0.462 e. The quantitative estimate of drug-likeness (QED) is 0.0244. The molecule has 6 nitrogen and oxygen atoms in total. The number of aliphatic hydroxyl groups is 2. The number of ether oxygens (including phenoxy) is 1. The van der Waals surface area contributed by atoms with Crippen LogP contribution in [0.15, 0.2) is 72.9 Å². The number of aliphatic hydroxyl groups excluding tert-OH is 2. The van der Waals surface area contributed by atoms with Crippen molar-refractivity contribution in [1.29, 1.82) is 0 Å². The maximum Gasteiger partial charge on any atom is 0.306 e. The summed E-state index contributed by atoms with van der Waals surface area (Å²) >= 11 is 0. The number of carbonyl (C=O) groups excluding carboxylic acids is 2. The van der Waals surface area contributed by atoms with Gasteiger partial charge in [-0.15, -0.1) is 0 Å². The van der Waals surface area contributed by atoms with Crippen molar-refractivity contribution >= 4 is 11.9 Å². The number of unbranched alkanes of at least 4 members (excludes halogenated alkanes) is 30. The number of hydrogen-bond acceptors (Lipinski definition) is 5. The van der Waals surface area contributed by atoms with Crippen LogP contribution in [0.1, 0.15) is 278 Å². The molecule has 0 radical (unpaired) electrons. The molecule has 0 aromatic heterocycles. The lowest BCUT2D eigenvalue weighted by Gasteiger charge is -2.24. The summed E-state index contributed by atoms with van der Waals surface area (Å²) in [5.74, 6) is -0.514. The van der Waals surface area contributed by atoms with E-state index < -0.39 is 18.2 Å². The molecule has 0 aromatic rings. The molecule has 0 aromatic carbocycles. The first-order valence-corrected chi connectivity index (χ1v) is 28.7. The number of esters is 1. The highest BCUT2D eigenvalue weighted by Crippen LogP contribution is 2.18. The molecule has 0 saturated heterocycles. The van der Waals surface area contributed by atoms with Gasteiger partial charge in [0.15, 0.2) is 0 Å². The number of hydrogen-bond donors (Lipinski definition) is 3. The molecule has 0 heterocycles. The molecule has 388 valence electrons. The highest BCUT2D eigenvalue weighted by Gasteiger charge is 2.24. The first kappa shape index (κ1) is 64.3. The van der Waals surface area contributed by atoms with Gasteiger partial charge in [-0.3, -0.25) is 9.59 Å². The van der Waals surface area contributed by atoms with Gasteiger partial charge in [-0.1, -0.05) is 261 Å². The lowest BCUT2D eigenvalue weighted by molar-refractivity contribution is -0.151. The summed E-state index contributed by atoms with van der Waals surface area (Å²) in [6.07, 6.45) is 69.7. The highest BCUT2D eigenvalue weighted by molar-refractivity contribution is 5.77. The minimum atomic E-state index is -0.803. The van der Waals surface area contributed by atoms with E-state index in [9.17, 15) is 19.8 Å². The Kier molecular flexibility index (Phi) is 52.1.